The number of hydrogen-bond donors (Lipinski definition) is 1. The van der Waals surface area contributed by atoms with Crippen molar-refractivity contribution in [1.82, 2.24) is 5.48 Å². The third-order valence-corrected chi connectivity index (χ3v) is 0.310. The van der Waals surface area contributed by atoms with Crippen molar-refractivity contribution in [1.29, 1.82) is 0 Å². The molecule has 40 valence electrons. The minimum Gasteiger partial charge on any atom is -0.300 e. The monoisotopic (exact) mass is 100 g/mol. The molecule has 0 spiro atoms. The number of allylic oxidation sites excluding steroid dienone is 1. The van der Waals surface area contributed by atoms with Gasteiger partial charge in [0.2, 0.25) is 0 Å². The fraction of sp³-hybridized carbons (Fsp3) is 0.250. The molecule has 0 atom stereocenters. The summed E-state index contributed by atoms with van der Waals surface area (Å²) < 4.78 is 0. The Morgan fingerprint density at radius 1 is 1.86 bits per heavy atom. The number of oxime groups is 1. The smallest absolute Gasteiger partial charge is 0.0682 e. The van der Waals surface area contributed by atoms with E-state index in [1.54, 1.807) is 7.05 Å². The largest absolute Gasteiger partial charge is 0.300 e. The number of hydroxylamine groups is 1. The van der Waals surface area contributed by atoms with Gasteiger partial charge in [-0.3, -0.25) is 0 Å². The Kier molecular flexibility index (Phi) is 4.56. The van der Waals surface area contributed by atoms with E-state index in [1.165, 1.54) is 12.3 Å². The molecule has 3 nitrogen and oxygen atoms in total. The molecular weight excluding hydrogens is 92.1 g/mol. The van der Waals surface area contributed by atoms with Crippen molar-refractivity contribution in [3.63, 3.8) is 0 Å². The summed E-state index contributed by atoms with van der Waals surface area (Å²) >= 11 is 0. The van der Waals surface area contributed by atoms with E-state index in [0.29, 0.717) is 0 Å². The van der Waals surface area contributed by atoms with Gasteiger partial charge in [-0.2, -0.15) is 0 Å². The van der Waals surface area contributed by atoms with Crippen LogP contribution in [0.3, 0.4) is 0 Å². The molecule has 0 radical (unpaired) electrons. The minimum absolute atomic E-state index is 1.44. The number of rotatable bonds is 3. The molecule has 0 fully saturated rings. The van der Waals surface area contributed by atoms with Crippen LogP contribution in [0.15, 0.2) is 17.8 Å². The Bertz CT molecular complexity index is 70.1. The van der Waals surface area contributed by atoms with Crippen LogP contribution >= 0.6 is 0 Å². The Balaban J connectivity index is 2.92. The topological polar surface area (TPSA) is 33.6 Å². The molecule has 7 heavy (non-hydrogen) atoms. The predicted molar refractivity (Wildman–Crippen MR) is 28.8 cm³/mol. The molecule has 0 rings (SSSR count). The lowest BCUT2D eigenvalue weighted by Gasteiger charge is -1.86. The van der Waals surface area contributed by atoms with E-state index >= 15 is 0 Å². The maximum Gasteiger partial charge on any atom is 0.0682 e. The number of hydrogen-bond acceptors (Lipinski definition) is 3. The summed E-state index contributed by atoms with van der Waals surface area (Å²) in [5, 5.41) is 3.35. The first-order valence-corrected chi connectivity index (χ1v) is 1.89. The van der Waals surface area contributed by atoms with Gasteiger partial charge in [-0.1, -0.05) is 11.7 Å². The van der Waals surface area contributed by atoms with E-state index in [1.807, 2.05) is 0 Å². The summed E-state index contributed by atoms with van der Waals surface area (Å²) in [5.74, 6) is 0. The SMILES string of the molecule is C=C/C=N/ONC. The average Bonchev–Trinajstić information content (AvgIpc) is 1.69. The second-order valence-electron chi connectivity index (χ2n) is 0.786. The van der Waals surface area contributed by atoms with E-state index in [9.17, 15) is 0 Å². The van der Waals surface area contributed by atoms with E-state index in [2.05, 4.69) is 22.2 Å². The van der Waals surface area contributed by atoms with Crippen molar-refractivity contribution < 1.29 is 4.94 Å². The van der Waals surface area contributed by atoms with Gasteiger partial charge in [0.15, 0.2) is 0 Å². The molecule has 0 saturated carbocycles. The maximum absolute atomic E-state index is 4.32. The van der Waals surface area contributed by atoms with Gasteiger partial charge in [-0.05, 0) is 6.08 Å². The molecule has 0 aromatic rings. The third-order valence-electron chi connectivity index (χ3n) is 0.310. The highest BCUT2D eigenvalue weighted by molar-refractivity contribution is 5.69. The number of nitrogens with one attached hydrogen (secondary N) is 1. The van der Waals surface area contributed by atoms with Crippen LogP contribution in [-0.2, 0) is 4.94 Å². The molecule has 0 aromatic carbocycles. The zero-order valence-corrected chi connectivity index (χ0v) is 4.22. The molecule has 3 heteroatoms. The van der Waals surface area contributed by atoms with Crippen LogP contribution in [0.25, 0.3) is 0 Å². The Morgan fingerprint density at radius 2 is 2.57 bits per heavy atom. The predicted octanol–water partition coefficient (Wildman–Crippen LogP) is 0.309. The van der Waals surface area contributed by atoms with Gasteiger partial charge in [0.05, 0.1) is 6.21 Å². The van der Waals surface area contributed by atoms with Crippen molar-refractivity contribution in [2.24, 2.45) is 5.16 Å². The van der Waals surface area contributed by atoms with Crippen molar-refractivity contribution in [2.45, 2.75) is 0 Å². The molecular formula is C4H8N2O. The van der Waals surface area contributed by atoms with Crippen molar-refractivity contribution >= 4 is 6.21 Å². The molecule has 1 N–H and O–H groups in total. The van der Waals surface area contributed by atoms with Gasteiger partial charge < -0.3 is 4.94 Å². The van der Waals surface area contributed by atoms with Crippen molar-refractivity contribution in [2.75, 3.05) is 7.05 Å². The van der Waals surface area contributed by atoms with E-state index < -0.39 is 0 Å². The molecule has 0 unspecified atom stereocenters. The normalized spacial score (nSPS) is 9.29. The molecule has 0 aliphatic carbocycles. The lowest BCUT2D eigenvalue weighted by atomic mass is 10.7. The minimum atomic E-state index is 1.44. The molecule has 0 aliphatic heterocycles. The maximum atomic E-state index is 4.32. The summed E-state index contributed by atoms with van der Waals surface area (Å²) in [6.45, 7) is 3.38. The quantitative estimate of drug-likeness (QED) is 0.409. The van der Waals surface area contributed by atoms with Gasteiger partial charge in [-0.15, -0.1) is 5.48 Å². The highest BCUT2D eigenvalue weighted by atomic mass is 16.8. The van der Waals surface area contributed by atoms with Crippen LogP contribution in [0.2, 0.25) is 0 Å². The van der Waals surface area contributed by atoms with Crippen LogP contribution in [-0.4, -0.2) is 13.3 Å². The summed E-state index contributed by atoms with van der Waals surface area (Å²) in [7, 11) is 1.63. The molecule has 0 saturated heterocycles. The molecule has 0 amide bonds. The van der Waals surface area contributed by atoms with Crippen LogP contribution in [0.1, 0.15) is 0 Å². The van der Waals surface area contributed by atoms with Crippen molar-refractivity contribution in [3.05, 3.63) is 12.7 Å². The van der Waals surface area contributed by atoms with Gasteiger partial charge >= 0.3 is 0 Å². The zero-order chi connectivity index (χ0) is 5.54. The molecule has 0 heterocycles. The fourth-order valence-electron chi connectivity index (χ4n) is 0.126. The average molecular weight is 100 g/mol. The molecule has 0 aliphatic rings. The second-order valence-corrected chi connectivity index (χ2v) is 0.786. The van der Waals surface area contributed by atoms with E-state index in [0.717, 1.165) is 0 Å². The standard InChI is InChI=1S/C4H8N2O/c1-3-4-6-7-5-2/h3-5H,1H2,2H3/b6-4+. The van der Waals surface area contributed by atoms with Crippen LogP contribution in [0.5, 0.6) is 0 Å². The summed E-state index contributed by atoms with van der Waals surface area (Å²) in [6.07, 6.45) is 2.97. The van der Waals surface area contributed by atoms with Gasteiger partial charge in [0.1, 0.15) is 0 Å². The fourth-order valence-corrected chi connectivity index (χ4v) is 0.126. The van der Waals surface area contributed by atoms with E-state index in [-0.39, 0.29) is 0 Å². The summed E-state index contributed by atoms with van der Waals surface area (Å²) in [5.41, 5.74) is 2.36. The molecule has 0 aromatic heterocycles. The first kappa shape index (κ1) is 6.17. The summed E-state index contributed by atoms with van der Waals surface area (Å²) in [4.78, 5) is 4.32. The van der Waals surface area contributed by atoms with E-state index in [4.69, 9.17) is 0 Å². The molecule has 0 bridgehead atoms. The van der Waals surface area contributed by atoms with Crippen LogP contribution in [0, 0.1) is 0 Å². The number of nitrogens with zero attached hydrogens (tertiary/aromatic N) is 1. The highest BCUT2D eigenvalue weighted by Crippen LogP contribution is 1.61. The van der Waals surface area contributed by atoms with Crippen LogP contribution in [0.4, 0.5) is 0 Å². The second kappa shape index (κ2) is 5.17. The third kappa shape index (κ3) is 5.17. The van der Waals surface area contributed by atoms with Gasteiger partial charge in [0, 0.05) is 7.05 Å². The first-order valence-electron chi connectivity index (χ1n) is 1.89. The first-order chi connectivity index (χ1) is 3.41. The Morgan fingerprint density at radius 3 is 3.00 bits per heavy atom. The summed E-state index contributed by atoms with van der Waals surface area (Å²) in [6, 6.07) is 0. The Hall–Kier alpha value is -0.830. The van der Waals surface area contributed by atoms with Crippen molar-refractivity contribution in [3.8, 4) is 0 Å². The van der Waals surface area contributed by atoms with Gasteiger partial charge in [0.25, 0.3) is 0 Å². The highest BCUT2D eigenvalue weighted by Gasteiger charge is 1.60. The van der Waals surface area contributed by atoms with Crippen LogP contribution < -0.4 is 5.48 Å². The van der Waals surface area contributed by atoms with Gasteiger partial charge in [-0.25, -0.2) is 0 Å². The lowest BCUT2D eigenvalue weighted by Crippen LogP contribution is -2.00. The lowest BCUT2D eigenvalue weighted by molar-refractivity contribution is 0.0659. The zero-order valence-electron chi connectivity index (χ0n) is 4.22. The Labute approximate surface area is 42.6 Å².